The number of anilines is 1. The molecule has 0 radical (unpaired) electrons. The molecule has 2 aliphatic rings. The summed E-state index contributed by atoms with van der Waals surface area (Å²) >= 11 is 0. The van der Waals surface area contributed by atoms with Crippen molar-refractivity contribution in [3.8, 4) is 17.1 Å². The number of aromatic hydroxyl groups is 1. The molecule has 8 nitrogen and oxygen atoms in total. The number of rotatable bonds is 5. The summed E-state index contributed by atoms with van der Waals surface area (Å²) in [5.41, 5.74) is 2.57. The van der Waals surface area contributed by atoms with Crippen LogP contribution >= 0.6 is 0 Å². The summed E-state index contributed by atoms with van der Waals surface area (Å²) < 4.78 is 10.9. The number of aryl methyl sites for hydroxylation is 1. The van der Waals surface area contributed by atoms with Crippen LogP contribution in [0.5, 0.6) is 5.75 Å². The summed E-state index contributed by atoms with van der Waals surface area (Å²) in [5, 5.41) is 14.3. The number of amides is 1. The summed E-state index contributed by atoms with van der Waals surface area (Å²) in [6, 6.07) is 13.3. The van der Waals surface area contributed by atoms with E-state index < -0.39 is 0 Å². The molecule has 0 aliphatic carbocycles. The first-order chi connectivity index (χ1) is 16.6. The Morgan fingerprint density at radius 1 is 1.18 bits per heavy atom. The van der Waals surface area contributed by atoms with Gasteiger partial charge in [-0.1, -0.05) is 18.2 Å². The van der Waals surface area contributed by atoms with E-state index in [-0.39, 0.29) is 24.0 Å². The molecule has 0 saturated carbocycles. The average molecular weight is 463 g/mol. The Kier molecular flexibility index (Phi) is 6.49. The zero-order chi connectivity index (χ0) is 23.5. The third-order valence-corrected chi connectivity index (χ3v) is 6.52. The first-order valence-corrected chi connectivity index (χ1v) is 11.9. The van der Waals surface area contributed by atoms with Crippen molar-refractivity contribution in [3.05, 3.63) is 48.0 Å². The summed E-state index contributed by atoms with van der Waals surface area (Å²) in [4.78, 5) is 24.1. The predicted octanol–water partition coefficient (Wildman–Crippen LogP) is 4.18. The highest BCUT2D eigenvalue weighted by Crippen LogP contribution is 2.33. The highest BCUT2D eigenvalue weighted by Gasteiger charge is 2.25. The Morgan fingerprint density at radius 3 is 2.76 bits per heavy atom. The maximum atomic E-state index is 12.2. The molecule has 0 spiro atoms. The number of fused-ring (bicyclic) bond motifs is 1. The van der Waals surface area contributed by atoms with Gasteiger partial charge >= 0.3 is 6.09 Å². The number of hydrogen-bond acceptors (Lipinski definition) is 7. The number of ether oxygens (including phenoxy) is 2. The SMILES string of the molecule is Cc1ccc2c(N3CCC(NC(=O)OCC4CCCO4)CC3)nc(-c3ccccc3O)nc2c1. The molecule has 0 bridgehead atoms. The lowest BCUT2D eigenvalue weighted by Gasteiger charge is -2.33. The van der Waals surface area contributed by atoms with Gasteiger partial charge in [0, 0.05) is 31.1 Å². The van der Waals surface area contributed by atoms with Crippen LogP contribution in [0.15, 0.2) is 42.5 Å². The molecule has 1 atom stereocenters. The van der Waals surface area contributed by atoms with Crippen LogP contribution in [-0.4, -0.2) is 59.6 Å². The number of carbonyl (C=O) groups excluding carboxylic acids is 1. The summed E-state index contributed by atoms with van der Waals surface area (Å²) in [5.74, 6) is 1.51. The van der Waals surface area contributed by atoms with Crippen LogP contribution in [0.25, 0.3) is 22.3 Å². The Balaban J connectivity index is 1.30. The number of piperidine rings is 1. The summed E-state index contributed by atoms with van der Waals surface area (Å²) in [6.45, 7) is 4.59. The molecule has 2 fully saturated rings. The van der Waals surface area contributed by atoms with E-state index in [9.17, 15) is 9.90 Å². The van der Waals surface area contributed by atoms with Gasteiger partial charge in [0.1, 0.15) is 18.2 Å². The Labute approximate surface area is 198 Å². The molecule has 3 heterocycles. The minimum atomic E-state index is -0.376. The molecule has 2 saturated heterocycles. The average Bonchev–Trinajstić information content (AvgIpc) is 3.36. The maximum Gasteiger partial charge on any atom is 0.407 e. The molecule has 3 aromatic rings. The fourth-order valence-electron chi connectivity index (χ4n) is 4.64. The zero-order valence-corrected chi connectivity index (χ0v) is 19.4. The molecule has 1 unspecified atom stereocenters. The molecule has 1 aromatic heterocycles. The molecule has 1 amide bonds. The van der Waals surface area contributed by atoms with Crippen molar-refractivity contribution in [2.75, 3.05) is 31.2 Å². The summed E-state index contributed by atoms with van der Waals surface area (Å²) in [7, 11) is 0. The molecule has 2 aromatic carbocycles. The predicted molar refractivity (Wildman–Crippen MR) is 130 cm³/mol. The van der Waals surface area contributed by atoms with Crippen molar-refractivity contribution in [1.82, 2.24) is 15.3 Å². The molecule has 8 heteroatoms. The Bertz CT molecular complexity index is 1170. The highest BCUT2D eigenvalue weighted by atomic mass is 16.6. The first-order valence-electron chi connectivity index (χ1n) is 11.9. The largest absolute Gasteiger partial charge is 0.507 e. The lowest BCUT2D eigenvalue weighted by atomic mass is 10.0. The monoisotopic (exact) mass is 462 g/mol. The van der Waals surface area contributed by atoms with Gasteiger partial charge in [-0.25, -0.2) is 14.8 Å². The topological polar surface area (TPSA) is 96.8 Å². The van der Waals surface area contributed by atoms with E-state index in [1.165, 1.54) is 0 Å². The van der Waals surface area contributed by atoms with Crippen LogP contribution in [0.1, 0.15) is 31.2 Å². The number of benzene rings is 2. The van der Waals surface area contributed by atoms with Crippen molar-refractivity contribution >= 4 is 22.8 Å². The Morgan fingerprint density at radius 2 is 2.00 bits per heavy atom. The van der Waals surface area contributed by atoms with Crippen molar-refractivity contribution < 1.29 is 19.4 Å². The van der Waals surface area contributed by atoms with Gasteiger partial charge in [-0.2, -0.15) is 0 Å². The fraction of sp³-hybridized carbons (Fsp3) is 0.423. The van der Waals surface area contributed by atoms with E-state index in [0.717, 1.165) is 67.7 Å². The summed E-state index contributed by atoms with van der Waals surface area (Å²) in [6.07, 6.45) is 3.20. The number of hydrogen-bond donors (Lipinski definition) is 2. The highest BCUT2D eigenvalue weighted by molar-refractivity contribution is 5.92. The lowest BCUT2D eigenvalue weighted by molar-refractivity contribution is 0.0426. The van der Waals surface area contributed by atoms with Gasteiger partial charge in [0.25, 0.3) is 0 Å². The Hall–Kier alpha value is -3.39. The second-order valence-electron chi connectivity index (χ2n) is 9.05. The van der Waals surface area contributed by atoms with Gasteiger partial charge in [-0.05, 0) is 62.4 Å². The third kappa shape index (κ3) is 4.92. The van der Waals surface area contributed by atoms with E-state index in [2.05, 4.69) is 22.3 Å². The molecule has 2 aliphatic heterocycles. The zero-order valence-electron chi connectivity index (χ0n) is 19.4. The van der Waals surface area contributed by atoms with Gasteiger partial charge in [-0.3, -0.25) is 0 Å². The van der Waals surface area contributed by atoms with Crippen molar-refractivity contribution in [2.24, 2.45) is 0 Å². The number of carbonyl (C=O) groups is 1. The van der Waals surface area contributed by atoms with Crippen LogP contribution < -0.4 is 10.2 Å². The van der Waals surface area contributed by atoms with Gasteiger partial charge < -0.3 is 24.8 Å². The second kappa shape index (κ2) is 9.85. The maximum absolute atomic E-state index is 12.2. The standard InChI is InChI=1S/C26H30N4O4/c1-17-8-9-20-22(15-17)28-24(21-6-2-3-7-23(21)31)29-25(20)30-12-10-18(11-13-30)27-26(32)34-16-19-5-4-14-33-19/h2-3,6-9,15,18-19,31H,4-5,10-14,16H2,1H3,(H,27,32). The van der Waals surface area contributed by atoms with Crippen LogP contribution in [0.4, 0.5) is 10.6 Å². The van der Waals surface area contributed by atoms with Crippen LogP contribution in [0.2, 0.25) is 0 Å². The molecular formula is C26H30N4O4. The lowest BCUT2D eigenvalue weighted by Crippen LogP contribution is -2.45. The van der Waals surface area contributed by atoms with Crippen LogP contribution in [0, 0.1) is 6.92 Å². The smallest absolute Gasteiger partial charge is 0.407 e. The quantitative estimate of drug-likeness (QED) is 0.587. The van der Waals surface area contributed by atoms with Crippen LogP contribution in [0.3, 0.4) is 0 Å². The van der Waals surface area contributed by atoms with E-state index in [1.54, 1.807) is 12.1 Å². The molecule has 178 valence electrons. The first kappa shape index (κ1) is 22.4. The van der Waals surface area contributed by atoms with Crippen molar-refractivity contribution in [1.29, 1.82) is 0 Å². The van der Waals surface area contributed by atoms with Crippen LogP contribution in [-0.2, 0) is 9.47 Å². The number of aromatic nitrogens is 2. The molecule has 34 heavy (non-hydrogen) atoms. The number of phenols is 1. The van der Waals surface area contributed by atoms with E-state index in [4.69, 9.17) is 19.4 Å². The normalized spacial score (nSPS) is 18.9. The number of phenolic OH excluding ortho intramolecular Hbond substituents is 1. The minimum Gasteiger partial charge on any atom is -0.507 e. The number of nitrogens with one attached hydrogen (secondary N) is 1. The number of para-hydroxylation sites is 1. The number of nitrogens with zero attached hydrogens (tertiary/aromatic N) is 3. The minimum absolute atomic E-state index is 0.0283. The fourth-order valence-corrected chi connectivity index (χ4v) is 4.64. The van der Waals surface area contributed by atoms with Gasteiger partial charge in [0.2, 0.25) is 0 Å². The van der Waals surface area contributed by atoms with Crippen molar-refractivity contribution in [2.45, 2.75) is 44.8 Å². The molecule has 5 rings (SSSR count). The van der Waals surface area contributed by atoms with E-state index >= 15 is 0 Å². The van der Waals surface area contributed by atoms with E-state index in [0.29, 0.717) is 18.0 Å². The van der Waals surface area contributed by atoms with Gasteiger partial charge in [-0.15, -0.1) is 0 Å². The third-order valence-electron chi connectivity index (χ3n) is 6.52. The van der Waals surface area contributed by atoms with Gasteiger partial charge in [0.05, 0.1) is 17.2 Å². The second-order valence-corrected chi connectivity index (χ2v) is 9.05. The van der Waals surface area contributed by atoms with Crippen molar-refractivity contribution in [3.63, 3.8) is 0 Å². The molecular weight excluding hydrogens is 432 g/mol. The molecule has 2 N–H and O–H groups in total. The number of alkyl carbamates (subject to hydrolysis) is 1. The van der Waals surface area contributed by atoms with Gasteiger partial charge in [0.15, 0.2) is 5.82 Å². The van der Waals surface area contributed by atoms with E-state index in [1.807, 2.05) is 25.1 Å².